The molecule has 1 rings (SSSR count). The smallest absolute Gasteiger partial charge is 0.126 e. The van der Waals surface area contributed by atoms with Crippen LogP contribution in [0.5, 0.6) is 0 Å². The van der Waals surface area contributed by atoms with Crippen LogP contribution in [-0.4, -0.2) is 5.75 Å². The van der Waals surface area contributed by atoms with Crippen molar-refractivity contribution in [3.63, 3.8) is 0 Å². The summed E-state index contributed by atoms with van der Waals surface area (Å²) in [6.07, 6.45) is 4.83. The molecule has 70 valence electrons. The number of rotatable bonds is 3. The summed E-state index contributed by atoms with van der Waals surface area (Å²) < 4.78 is 13.0. The zero-order chi connectivity index (χ0) is 9.68. The zero-order valence-electron chi connectivity index (χ0n) is 7.63. The first-order chi connectivity index (χ1) is 6.24. The summed E-state index contributed by atoms with van der Waals surface area (Å²) in [5.41, 5.74) is 1.59. The summed E-state index contributed by atoms with van der Waals surface area (Å²) in [7, 11) is 0. The molecule has 0 heterocycles. The average Bonchev–Trinajstić information content (AvgIpc) is 2.12. The Labute approximate surface area is 83.9 Å². The highest BCUT2D eigenvalue weighted by molar-refractivity contribution is 7.80. The van der Waals surface area contributed by atoms with Gasteiger partial charge in [0.25, 0.3) is 0 Å². The molecule has 0 aliphatic heterocycles. The normalized spacial score (nSPS) is 11.0. The molecule has 0 atom stereocenters. The fourth-order valence-corrected chi connectivity index (χ4v) is 1.16. The van der Waals surface area contributed by atoms with Gasteiger partial charge in [-0.2, -0.15) is 12.6 Å². The molecule has 0 aliphatic carbocycles. The number of aryl methyl sites for hydroxylation is 1. The van der Waals surface area contributed by atoms with Crippen LogP contribution in [0.15, 0.2) is 24.3 Å². The molecule has 0 saturated carbocycles. The van der Waals surface area contributed by atoms with E-state index < -0.39 is 0 Å². The highest BCUT2D eigenvalue weighted by Crippen LogP contribution is 2.10. The van der Waals surface area contributed by atoms with Crippen LogP contribution in [0.3, 0.4) is 0 Å². The molecule has 0 bridgehead atoms. The van der Waals surface area contributed by atoms with Crippen LogP contribution in [0.2, 0.25) is 0 Å². The van der Waals surface area contributed by atoms with E-state index in [1.54, 1.807) is 19.1 Å². The van der Waals surface area contributed by atoms with Crippen molar-refractivity contribution < 1.29 is 4.39 Å². The van der Waals surface area contributed by atoms with E-state index in [1.165, 1.54) is 0 Å². The average molecular weight is 196 g/mol. The number of hydrogen-bond donors (Lipinski definition) is 1. The van der Waals surface area contributed by atoms with Gasteiger partial charge in [-0.05, 0) is 36.3 Å². The van der Waals surface area contributed by atoms with Gasteiger partial charge in [0.2, 0.25) is 0 Å². The first-order valence-electron chi connectivity index (χ1n) is 4.27. The van der Waals surface area contributed by atoms with E-state index >= 15 is 0 Å². The Morgan fingerprint density at radius 1 is 1.46 bits per heavy atom. The molecule has 0 aliphatic rings. The fraction of sp³-hybridized carbons (Fsp3) is 0.273. The molecule has 1 aromatic rings. The molecule has 0 unspecified atom stereocenters. The number of benzene rings is 1. The van der Waals surface area contributed by atoms with E-state index in [9.17, 15) is 4.39 Å². The third kappa shape index (κ3) is 3.23. The lowest BCUT2D eigenvalue weighted by atomic mass is 10.1. The quantitative estimate of drug-likeness (QED) is 0.703. The minimum absolute atomic E-state index is 0.145. The van der Waals surface area contributed by atoms with Gasteiger partial charge in [-0.15, -0.1) is 0 Å². The number of hydrogen-bond acceptors (Lipinski definition) is 1. The molecular formula is C11H13FS. The lowest BCUT2D eigenvalue weighted by Crippen LogP contribution is -1.82. The summed E-state index contributed by atoms with van der Waals surface area (Å²) in [6.45, 7) is 1.76. The molecule has 0 N–H and O–H groups in total. The second-order valence-corrected chi connectivity index (χ2v) is 3.37. The van der Waals surface area contributed by atoms with Crippen molar-refractivity contribution in [2.45, 2.75) is 13.3 Å². The highest BCUT2D eigenvalue weighted by atomic mass is 32.1. The van der Waals surface area contributed by atoms with Crippen LogP contribution in [0.4, 0.5) is 4.39 Å². The summed E-state index contributed by atoms with van der Waals surface area (Å²) in [6, 6.07) is 5.24. The lowest BCUT2D eigenvalue weighted by molar-refractivity contribution is 0.618. The predicted octanol–water partition coefficient (Wildman–Crippen LogP) is 3.47. The Bertz CT molecular complexity index is 305. The molecule has 1 aromatic carbocycles. The van der Waals surface area contributed by atoms with Gasteiger partial charge in [-0.3, -0.25) is 0 Å². The van der Waals surface area contributed by atoms with Gasteiger partial charge in [0, 0.05) is 0 Å². The van der Waals surface area contributed by atoms with E-state index in [1.807, 2.05) is 18.2 Å². The topological polar surface area (TPSA) is 0 Å². The van der Waals surface area contributed by atoms with Crippen molar-refractivity contribution in [1.82, 2.24) is 0 Å². The summed E-state index contributed by atoms with van der Waals surface area (Å²) >= 11 is 4.08. The van der Waals surface area contributed by atoms with Gasteiger partial charge in [-0.25, -0.2) is 4.39 Å². The van der Waals surface area contributed by atoms with E-state index in [0.717, 1.165) is 17.7 Å². The van der Waals surface area contributed by atoms with Gasteiger partial charge >= 0.3 is 0 Å². The second-order valence-electron chi connectivity index (χ2n) is 2.92. The molecule has 0 nitrogen and oxygen atoms in total. The molecular weight excluding hydrogens is 183 g/mol. The third-order valence-electron chi connectivity index (χ3n) is 1.80. The van der Waals surface area contributed by atoms with Crippen LogP contribution < -0.4 is 0 Å². The maximum atomic E-state index is 13.0. The number of halogens is 1. The first kappa shape index (κ1) is 10.3. The predicted molar refractivity (Wildman–Crippen MR) is 58.6 cm³/mol. The third-order valence-corrected chi connectivity index (χ3v) is 2.06. The molecule has 0 amide bonds. The van der Waals surface area contributed by atoms with Crippen molar-refractivity contribution >= 4 is 18.7 Å². The van der Waals surface area contributed by atoms with Crippen molar-refractivity contribution in [1.29, 1.82) is 0 Å². The molecule has 0 radical (unpaired) electrons. The second kappa shape index (κ2) is 5.07. The minimum Gasteiger partial charge on any atom is -0.207 e. The van der Waals surface area contributed by atoms with Crippen LogP contribution in [0, 0.1) is 12.7 Å². The van der Waals surface area contributed by atoms with Crippen molar-refractivity contribution in [2.24, 2.45) is 0 Å². The van der Waals surface area contributed by atoms with Gasteiger partial charge in [0.15, 0.2) is 0 Å². The molecule has 2 heteroatoms. The lowest BCUT2D eigenvalue weighted by Gasteiger charge is -1.97. The molecule has 0 saturated heterocycles. The Morgan fingerprint density at radius 3 is 2.85 bits per heavy atom. The maximum absolute atomic E-state index is 13.0. The van der Waals surface area contributed by atoms with Crippen molar-refractivity contribution in [2.75, 3.05) is 5.75 Å². The van der Waals surface area contributed by atoms with Gasteiger partial charge < -0.3 is 0 Å². The van der Waals surface area contributed by atoms with E-state index in [4.69, 9.17) is 0 Å². The summed E-state index contributed by atoms with van der Waals surface area (Å²) in [5.74, 6) is 0.679. The standard InChI is InChI=1S/C11H13FS/c1-9-5-6-10(8-11(9)12)4-2-3-7-13/h2,4-6,8,13H,3,7H2,1H3. The minimum atomic E-state index is -0.145. The molecule has 0 fully saturated rings. The Hall–Kier alpha value is -0.760. The van der Waals surface area contributed by atoms with E-state index in [-0.39, 0.29) is 5.82 Å². The van der Waals surface area contributed by atoms with Crippen LogP contribution in [-0.2, 0) is 0 Å². The Morgan fingerprint density at radius 2 is 2.23 bits per heavy atom. The van der Waals surface area contributed by atoms with Gasteiger partial charge in [0.05, 0.1) is 0 Å². The van der Waals surface area contributed by atoms with Crippen LogP contribution in [0.1, 0.15) is 17.5 Å². The zero-order valence-corrected chi connectivity index (χ0v) is 8.52. The van der Waals surface area contributed by atoms with Crippen LogP contribution in [0.25, 0.3) is 6.08 Å². The summed E-state index contributed by atoms with van der Waals surface area (Å²) in [4.78, 5) is 0. The summed E-state index contributed by atoms with van der Waals surface area (Å²) in [5, 5.41) is 0. The SMILES string of the molecule is Cc1ccc(C=CCCS)cc1F. The number of thiol groups is 1. The van der Waals surface area contributed by atoms with E-state index in [2.05, 4.69) is 12.6 Å². The highest BCUT2D eigenvalue weighted by Gasteiger charge is 1.95. The van der Waals surface area contributed by atoms with Crippen molar-refractivity contribution in [3.8, 4) is 0 Å². The number of allylic oxidation sites excluding steroid dienone is 1. The largest absolute Gasteiger partial charge is 0.207 e. The monoisotopic (exact) mass is 196 g/mol. The maximum Gasteiger partial charge on any atom is 0.126 e. The first-order valence-corrected chi connectivity index (χ1v) is 4.91. The fourth-order valence-electron chi connectivity index (χ4n) is 1.01. The Balaban J connectivity index is 2.73. The van der Waals surface area contributed by atoms with Gasteiger partial charge in [0.1, 0.15) is 5.82 Å². The molecule has 13 heavy (non-hydrogen) atoms. The van der Waals surface area contributed by atoms with Gasteiger partial charge in [-0.1, -0.05) is 24.3 Å². The molecule has 0 spiro atoms. The molecule has 0 aromatic heterocycles. The van der Waals surface area contributed by atoms with Crippen LogP contribution >= 0.6 is 12.6 Å². The van der Waals surface area contributed by atoms with E-state index in [0.29, 0.717) is 5.56 Å². The van der Waals surface area contributed by atoms with Crippen molar-refractivity contribution in [3.05, 3.63) is 41.2 Å². The Kier molecular flexibility index (Phi) is 4.03.